The van der Waals surface area contributed by atoms with Gasteiger partial charge in [0.1, 0.15) is 18.9 Å². The van der Waals surface area contributed by atoms with Crippen LogP contribution in [0, 0.1) is 5.41 Å². The van der Waals surface area contributed by atoms with Gasteiger partial charge in [0, 0.05) is 6.42 Å². The fraction of sp³-hybridized carbons (Fsp3) is 0.552. The van der Waals surface area contributed by atoms with Crippen LogP contribution in [0.15, 0.2) is 63.7 Å². The Bertz CT molecular complexity index is 1100. The number of aliphatic hydroxyl groups is 2. The number of aliphatic imine (C=N–C) groups is 1. The molecular formula is C29H42N4O6. The number of nitrogens with one attached hydrogen (secondary N) is 2. The van der Waals surface area contributed by atoms with Gasteiger partial charge in [0.15, 0.2) is 0 Å². The van der Waals surface area contributed by atoms with Crippen LogP contribution in [0.5, 0.6) is 0 Å². The van der Waals surface area contributed by atoms with Gasteiger partial charge < -0.3 is 25.0 Å². The Balaban J connectivity index is 1.42. The highest BCUT2D eigenvalue weighted by molar-refractivity contribution is 6.01. The summed E-state index contributed by atoms with van der Waals surface area (Å²) in [5.41, 5.74) is 5.21. The number of ether oxygens (including phenoxy) is 2. The van der Waals surface area contributed by atoms with Gasteiger partial charge in [-0.1, -0.05) is 60.9 Å². The SMILES string of the molecule is CC1=C(/C=C/C(C)=C/C=C/C(C)=C/COC(=O)NC2=NC(=O)N(C3CC(O)C(CO)O3)CN2)C(C)(C)CCC1. The molecule has 0 radical (unpaired) electrons. The van der Waals surface area contributed by atoms with Crippen molar-refractivity contribution in [3.63, 3.8) is 0 Å². The summed E-state index contributed by atoms with van der Waals surface area (Å²) in [5, 5.41) is 24.3. The van der Waals surface area contributed by atoms with Gasteiger partial charge in [-0.2, -0.15) is 4.99 Å². The van der Waals surface area contributed by atoms with Gasteiger partial charge in [-0.3, -0.25) is 10.2 Å². The molecule has 0 aromatic carbocycles. The van der Waals surface area contributed by atoms with Gasteiger partial charge in [0.25, 0.3) is 0 Å². The normalized spacial score (nSPS) is 26.3. The zero-order valence-corrected chi connectivity index (χ0v) is 23.6. The van der Waals surface area contributed by atoms with E-state index in [0.29, 0.717) is 0 Å². The molecule has 2 aliphatic heterocycles. The zero-order valence-electron chi connectivity index (χ0n) is 23.6. The fourth-order valence-electron chi connectivity index (χ4n) is 4.88. The molecule has 4 N–H and O–H groups in total. The number of allylic oxidation sites excluding steroid dienone is 9. The maximum Gasteiger partial charge on any atom is 0.414 e. The first kappa shape index (κ1) is 30.3. The number of hydrogen-bond donors (Lipinski definition) is 4. The van der Waals surface area contributed by atoms with Crippen LogP contribution in [0.1, 0.15) is 60.3 Å². The predicted molar refractivity (Wildman–Crippen MR) is 150 cm³/mol. The Morgan fingerprint density at radius 3 is 2.74 bits per heavy atom. The molecule has 0 aromatic heterocycles. The van der Waals surface area contributed by atoms with Crippen LogP contribution in [-0.4, -0.2) is 71.5 Å². The number of amides is 3. The van der Waals surface area contributed by atoms with Crippen LogP contribution in [0.2, 0.25) is 0 Å². The standard InChI is InChI=1S/C29H42N4O6/c1-19(11-12-22-21(3)10-7-14-29(22,4)5)8-6-9-20(2)13-15-38-28(37)32-26-30-18-33(27(36)31-26)25-16-23(35)24(17-34)39-25/h6,8-9,11-13,23-25,34-35H,7,10,14-18H2,1-5H3,(H2,30,31,32,36,37)/b9-6+,12-11+,19-8+,20-13+. The third-order valence-corrected chi connectivity index (χ3v) is 7.22. The van der Waals surface area contributed by atoms with E-state index < -0.39 is 30.6 Å². The van der Waals surface area contributed by atoms with E-state index in [2.05, 4.69) is 55.5 Å². The van der Waals surface area contributed by atoms with Gasteiger partial charge in [0.2, 0.25) is 5.96 Å². The number of nitrogens with zero attached hydrogens (tertiary/aromatic N) is 2. The molecule has 3 aliphatic rings. The van der Waals surface area contributed by atoms with Crippen LogP contribution in [-0.2, 0) is 9.47 Å². The average molecular weight is 543 g/mol. The first-order valence-electron chi connectivity index (χ1n) is 13.4. The summed E-state index contributed by atoms with van der Waals surface area (Å²) in [4.78, 5) is 29.5. The lowest BCUT2D eigenvalue weighted by Crippen LogP contribution is -2.54. The molecule has 214 valence electrons. The highest BCUT2D eigenvalue weighted by Crippen LogP contribution is 2.40. The highest BCUT2D eigenvalue weighted by Gasteiger charge is 2.39. The molecular weight excluding hydrogens is 500 g/mol. The van der Waals surface area contributed by atoms with E-state index in [-0.39, 0.29) is 37.7 Å². The lowest BCUT2D eigenvalue weighted by molar-refractivity contribution is -0.0645. The highest BCUT2D eigenvalue weighted by atomic mass is 16.6. The van der Waals surface area contributed by atoms with Gasteiger partial charge >= 0.3 is 12.1 Å². The molecule has 3 rings (SSSR count). The average Bonchev–Trinajstić information content (AvgIpc) is 3.23. The second kappa shape index (κ2) is 13.7. The molecule has 3 amide bonds. The number of urea groups is 1. The summed E-state index contributed by atoms with van der Waals surface area (Å²) in [6.07, 6.45) is 12.9. The Labute approximate surface area is 230 Å². The maximum absolute atomic E-state index is 12.3. The number of aliphatic hydroxyl groups excluding tert-OH is 2. The van der Waals surface area contributed by atoms with Gasteiger partial charge in [-0.15, -0.1) is 0 Å². The Hall–Kier alpha value is -3.21. The van der Waals surface area contributed by atoms with E-state index in [4.69, 9.17) is 9.47 Å². The first-order chi connectivity index (χ1) is 18.5. The molecule has 39 heavy (non-hydrogen) atoms. The fourth-order valence-corrected chi connectivity index (χ4v) is 4.88. The number of carbonyl (C=O) groups excluding carboxylic acids is 2. The summed E-state index contributed by atoms with van der Waals surface area (Å²) >= 11 is 0. The molecule has 3 unspecified atom stereocenters. The molecule has 1 fully saturated rings. The van der Waals surface area contributed by atoms with E-state index in [1.165, 1.54) is 35.3 Å². The minimum Gasteiger partial charge on any atom is -0.445 e. The molecule has 0 aromatic rings. The summed E-state index contributed by atoms with van der Waals surface area (Å²) in [6, 6.07) is -0.631. The predicted octanol–water partition coefficient (Wildman–Crippen LogP) is 4.05. The maximum atomic E-state index is 12.3. The smallest absolute Gasteiger partial charge is 0.414 e. The van der Waals surface area contributed by atoms with Crippen molar-refractivity contribution >= 4 is 18.1 Å². The number of guanidine groups is 1. The van der Waals surface area contributed by atoms with Crippen LogP contribution in [0.3, 0.4) is 0 Å². The van der Waals surface area contributed by atoms with Crippen molar-refractivity contribution < 1.29 is 29.3 Å². The molecule has 0 bridgehead atoms. The van der Waals surface area contributed by atoms with Crippen molar-refractivity contribution in [1.29, 1.82) is 0 Å². The number of hydrogen-bond acceptors (Lipinski definition) is 7. The first-order valence-corrected chi connectivity index (χ1v) is 13.4. The van der Waals surface area contributed by atoms with E-state index in [1.54, 1.807) is 6.08 Å². The van der Waals surface area contributed by atoms with E-state index in [9.17, 15) is 19.8 Å². The van der Waals surface area contributed by atoms with E-state index in [1.807, 2.05) is 25.2 Å². The number of alkyl carbamates (subject to hydrolysis) is 1. The summed E-state index contributed by atoms with van der Waals surface area (Å²) in [5.74, 6) is -0.0321. The van der Waals surface area contributed by atoms with Crippen molar-refractivity contribution in [2.24, 2.45) is 10.4 Å². The number of carbonyl (C=O) groups is 2. The Morgan fingerprint density at radius 2 is 2.08 bits per heavy atom. The van der Waals surface area contributed by atoms with Crippen molar-refractivity contribution in [3.8, 4) is 0 Å². The minimum atomic E-state index is -0.865. The molecule has 10 nitrogen and oxygen atoms in total. The summed E-state index contributed by atoms with van der Waals surface area (Å²) in [7, 11) is 0. The molecule has 0 saturated carbocycles. The molecule has 10 heteroatoms. The van der Waals surface area contributed by atoms with Crippen molar-refractivity contribution in [2.45, 2.75) is 78.7 Å². The van der Waals surface area contributed by atoms with Crippen LogP contribution in [0.4, 0.5) is 9.59 Å². The van der Waals surface area contributed by atoms with Crippen LogP contribution >= 0.6 is 0 Å². The second-order valence-corrected chi connectivity index (χ2v) is 10.9. The van der Waals surface area contributed by atoms with Gasteiger partial charge in [-0.05, 0) is 57.1 Å². The summed E-state index contributed by atoms with van der Waals surface area (Å²) in [6.45, 7) is 10.6. The zero-order chi connectivity index (χ0) is 28.6. The second-order valence-electron chi connectivity index (χ2n) is 10.9. The molecule has 0 spiro atoms. The molecule has 1 aliphatic carbocycles. The lowest BCUT2D eigenvalue weighted by Gasteiger charge is -2.32. The largest absolute Gasteiger partial charge is 0.445 e. The van der Waals surface area contributed by atoms with Gasteiger partial charge in [-0.25, -0.2) is 9.59 Å². The van der Waals surface area contributed by atoms with Crippen molar-refractivity contribution in [3.05, 3.63) is 58.7 Å². The van der Waals surface area contributed by atoms with Crippen LogP contribution in [0.25, 0.3) is 0 Å². The lowest BCUT2D eigenvalue weighted by atomic mass is 9.72. The summed E-state index contributed by atoms with van der Waals surface area (Å²) < 4.78 is 10.6. The van der Waals surface area contributed by atoms with Crippen molar-refractivity contribution in [2.75, 3.05) is 19.9 Å². The quantitative estimate of drug-likeness (QED) is 0.340. The Kier molecular flexibility index (Phi) is 10.7. The molecule has 3 atom stereocenters. The number of rotatable bonds is 8. The topological polar surface area (TPSA) is 133 Å². The third-order valence-electron chi connectivity index (χ3n) is 7.22. The van der Waals surface area contributed by atoms with E-state index >= 15 is 0 Å². The van der Waals surface area contributed by atoms with Crippen LogP contribution < -0.4 is 10.6 Å². The Morgan fingerprint density at radius 1 is 1.31 bits per heavy atom. The minimum absolute atomic E-state index is 0.0222. The monoisotopic (exact) mass is 542 g/mol. The van der Waals surface area contributed by atoms with Crippen molar-refractivity contribution in [1.82, 2.24) is 15.5 Å². The van der Waals surface area contributed by atoms with E-state index in [0.717, 1.165) is 11.1 Å². The third kappa shape index (κ3) is 8.64. The molecule has 2 heterocycles. The van der Waals surface area contributed by atoms with Gasteiger partial charge in [0.05, 0.1) is 19.4 Å². The molecule has 1 saturated heterocycles.